The van der Waals surface area contributed by atoms with Crippen molar-refractivity contribution in [2.45, 2.75) is 5.66 Å². The van der Waals surface area contributed by atoms with E-state index in [2.05, 4.69) is 92.0 Å². The molecule has 274 valence electrons. The van der Waals surface area contributed by atoms with Gasteiger partial charge < -0.3 is 4.98 Å². The number of anilines is 2. The van der Waals surface area contributed by atoms with Gasteiger partial charge >= 0.3 is 0 Å². The summed E-state index contributed by atoms with van der Waals surface area (Å²) < 4.78 is 0. The number of hydrogen-bond acceptors (Lipinski definition) is 9. The standard InChI is InChI=1S/C47H30N10S/c1-4-15-32-29(12-1)25-26-48-41(32)42-43(44-49-28-31-14-3-7-18-35(31)51-44)56(40-24-23-30-13-2-6-17-34(30)50-40)47(39-22-11-27-58-39,46-52-37-20-9-10-21-38(37)53-46)57(42)45-33-16-5-8-19-36(33)54-55-45/h1-28H,(H,52,53)(H,54,55). The summed E-state index contributed by atoms with van der Waals surface area (Å²) >= 11 is 1.64. The van der Waals surface area contributed by atoms with Crippen LogP contribution in [0.1, 0.15) is 22.2 Å². The summed E-state index contributed by atoms with van der Waals surface area (Å²) in [7, 11) is 0. The van der Waals surface area contributed by atoms with E-state index in [1.165, 1.54) is 0 Å². The van der Waals surface area contributed by atoms with Crippen molar-refractivity contribution in [2.75, 3.05) is 9.80 Å². The van der Waals surface area contributed by atoms with Gasteiger partial charge in [0.1, 0.15) is 11.5 Å². The number of nitrogens with one attached hydrogen (secondary N) is 2. The SMILES string of the molecule is c1csc(C2(c3nc4ccccc4[nH]3)N(c3ccc4ccccc4n3)C(c3ncc4ccccc4n3)=C(c3nccc4ccccc34)N2c2n[nH]c3ccccc23)c1. The van der Waals surface area contributed by atoms with E-state index < -0.39 is 5.66 Å². The van der Waals surface area contributed by atoms with Gasteiger partial charge in [0, 0.05) is 33.9 Å². The molecule has 58 heavy (non-hydrogen) atoms. The zero-order valence-electron chi connectivity index (χ0n) is 30.7. The number of nitrogens with zero attached hydrogens (tertiary/aromatic N) is 8. The van der Waals surface area contributed by atoms with Gasteiger partial charge in [0.2, 0.25) is 5.66 Å². The fourth-order valence-electron chi connectivity index (χ4n) is 8.44. The molecule has 0 saturated heterocycles. The van der Waals surface area contributed by atoms with E-state index in [0.29, 0.717) is 29.0 Å². The maximum Gasteiger partial charge on any atom is 0.220 e. The second kappa shape index (κ2) is 12.6. The highest BCUT2D eigenvalue weighted by Gasteiger charge is 2.60. The predicted molar refractivity (Wildman–Crippen MR) is 232 cm³/mol. The largest absolute Gasteiger partial charge is 0.338 e. The van der Waals surface area contributed by atoms with Crippen molar-refractivity contribution >= 4 is 88.9 Å². The van der Waals surface area contributed by atoms with Gasteiger partial charge in [-0.2, -0.15) is 5.10 Å². The Morgan fingerprint density at radius 1 is 0.534 bits per heavy atom. The first-order chi connectivity index (χ1) is 28.8. The van der Waals surface area contributed by atoms with E-state index in [4.69, 9.17) is 30.0 Å². The summed E-state index contributed by atoms with van der Waals surface area (Å²) in [6, 6.07) is 51.4. The van der Waals surface area contributed by atoms with Crippen LogP contribution in [0.5, 0.6) is 0 Å². The molecule has 0 amide bonds. The van der Waals surface area contributed by atoms with Crippen LogP contribution < -0.4 is 9.80 Å². The van der Waals surface area contributed by atoms with Crippen molar-refractivity contribution in [1.29, 1.82) is 0 Å². The average Bonchev–Trinajstić information content (AvgIpc) is 4.11. The molecule has 12 rings (SSSR count). The molecule has 1 aliphatic rings. The van der Waals surface area contributed by atoms with Crippen LogP contribution in [0.2, 0.25) is 0 Å². The molecule has 0 aliphatic carbocycles. The van der Waals surface area contributed by atoms with E-state index in [-0.39, 0.29) is 0 Å². The third kappa shape index (κ3) is 4.71. The third-order valence-electron chi connectivity index (χ3n) is 11.0. The minimum absolute atomic E-state index is 0.498. The summed E-state index contributed by atoms with van der Waals surface area (Å²) in [5.74, 6) is 2.50. The molecule has 0 spiro atoms. The molecular formula is C47H30N10S. The van der Waals surface area contributed by atoms with Crippen molar-refractivity contribution < 1.29 is 0 Å². The summed E-state index contributed by atoms with van der Waals surface area (Å²) in [4.78, 5) is 36.1. The van der Waals surface area contributed by atoms with Gasteiger partial charge in [-0.25, -0.2) is 19.9 Å². The second-order valence-corrected chi connectivity index (χ2v) is 15.2. The summed E-state index contributed by atoms with van der Waals surface area (Å²) in [6.45, 7) is 0. The third-order valence-corrected chi connectivity index (χ3v) is 11.9. The smallest absolute Gasteiger partial charge is 0.220 e. The molecule has 11 heteroatoms. The number of rotatable bonds is 6. The fraction of sp³-hybridized carbons (Fsp3) is 0.0213. The molecule has 6 aromatic heterocycles. The molecule has 1 atom stereocenters. The molecule has 7 heterocycles. The quantitative estimate of drug-likeness (QED) is 0.172. The highest BCUT2D eigenvalue weighted by atomic mass is 32.1. The van der Waals surface area contributed by atoms with Crippen LogP contribution in [0.3, 0.4) is 0 Å². The number of thiophene rings is 1. The van der Waals surface area contributed by atoms with Gasteiger partial charge in [-0.1, -0.05) is 91.0 Å². The van der Waals surface area contributed by atoms with Gasteiger partial charge in [-0.05, 0) is 71.4 Å². The van der Waals surface area contributed by atoms with Crippen molar-refractivity contribution in [3.05, 3.63) is 192 Å². The Bertz CT molecular complexity index is 3370. The normalized spacial score (nSPS) is 15.9. The molecule has 0 radical (unpaired) electrons. The minimum atomic E-state index is -1.29. The summed E-state index contributed by atoms with van der Waals surface area (Å²) in [5, 5.41) is 15.5. The number of aromatic amines is 2. The van der Waals surface area contributed by atoms with Gasteiger partial charge in [-0.3, -0.25) is 19.9 Å². The monoisotopic (exact) mass is 766 g/mol. The van der Waals surface area contributed by atoms with Crippen LogP contribution >= 0.6 is 11.3 Å². The Kier molecular flexibility index (Phi) is 7.07. The number of fused-ring (bicyclic) bond motifs is 5. The van der Waals surface area contributed by atoms with Crippen molar-refractivity contribution in [2.24, 2.45) is 0 Å². The Balaban J connectivity index is 1.33. The van der Waals surface area contributed by atoms with Crippen LogP contribution in [0.4, 0.5) is 11.6 Å². The molecule has 0 saturated carbocycles. The number of imidazole rings is 1. The van der Waals surface area contributed by atoms with Crippen molar-refractivity contribution in [3.8, 4) is 0 Å². The minimum Gasteiger partial charge on any atom is -0.338 e. The number of para-hydroxylation sites is 5. The number of aromatic nitrogens is 8. The molecule has 2 N–H and O–H groups in total. The lowest BCUT2D eigenvalue weighted by atomic mass is 10.0. The second-order valence-electron chi connectivity index (χ2n) is 14.2. The van der Waals surface area contributed by atoms with Crippen LogP contribution in [-0.4, -0.2) is 40.1 Å². The highest BCUT2D eigenvalue weighted by molar-refractivity contribution is 7.10. The van der Waals surface area contributed by atoms with E-state index in [1.54, 1.807) is 11.3 Å². The molecule has 11 aromatic rings. The zero-order valence-corrected chi connectivity index (χ0v) is 31.5. The van der Waals surface area contributed by atoms with Crippen LogP contribution in [0.25, 0.3) is 65.9 Å². The number of hydrogen-bond donors (Lipinski definition) is 2. The first kappa shape index (κ1) is 32.5. The maximum absolute atomic E-state index is 5.48. The van der Waals surface area contributed by atoms with E-state index >= 15 is 0 Å². The Hall–Kier alpha value is -7.76. The first-order valence-corrected chi connectivity index (χ1v) is 19.8. The van der Waals surface area contributed by atoms with Gasteiger partial charge in [0.25, 0.3) is 0 Å². The van der Waals surface area contributed by atoms with Gasteiger partial charge in [-0.15, -0.1) is 11.3 Å². The molecule has 0 bridgehead atoms. The molecular weight excluding hydrogens is 737 g/mol. The summed E-state index contributed by atoms with van der Waals surface area (Å²) in [5.41, 5.74) is 5.14. The number of pyridine rings is 2. The molecule has 10 nitrogen and oxygen atoms in total. The van der Waals surface area contributed by atoms with Gasteiger partial charge in [0.05, 0.1) is 43.9 Å². The first-order valence-electron chi connectivity index (χ1n) is 18.9. The topological polar surface area (TPSA) is 115 Å². The van der Waals surface area contributed by atoms with E-state index in [0.717, 1.165) is 70.8 Å². The zero-order chi connectivity index (χ0) is 38.2. The Morgan fingerprint density at radius 3 is 2.09 bits per heavy atom. The van der Waals surface area contributed by atoms with Crippen molar-refractivity contribution in [3.63, 3.8) is 0 Å². The van der Waals surface area contributed by atoms with E-state index in [9.17, 15) is 0 Å². The fourth-order valence-corrected chi connectivity index (χ4v) is 9.34. The van der Waals surface area contributed by atoms with Crippen LogP contribution in [0, 0.1) is 0 Å². The van der Waals surface area contributed by atoms with Gasteiger partial charge in [0.15, 0.2) is 17.5 Å². The van der Waals surface area contributed by atoms with Crippen molar-refractivity contribution in [1.82, 2.24) is 40.1 Å². The molecule has 5 aromatic carbocycles. The lowest BCUT2D eigenvalue weighted by Gasteiger charge is -2.43. The maximum atomic E-state index is 5.48. The molecule has 0 fully saturated rings. The Morgan fingerprint density at radius 2 is 1.26 bits per heavy atom. The predicted octanol–water partition coefficient (Wildman–Crippen LogP) is 10.3. The number of H-pyrrole nitrogens is 2. The van der Waals surface area contributed by atoms with E-state index in [1.807, 2.05) is 97.3 Å². The number of benzene rings is 5. The lowest BCUT2D eigenvalue weighted by molar-refractivity contribution is 0.532. The lowest BCUT2D eigenvalue weighted by Crippen LogP contribution is -2.54. The summed E-state index contributed by atoms with van der Waals surface area (Å²) in [6.07, 6.45) is 3.76. The van der Waals surface area contributed by atoms with Crippen LogP contribution in [-0.2, 0) is 5.66 Å². The van der Waals surface area contributed by atoms with Crippen LogP contribution in [0.15, 0.2) is 169 Å². The Labute approximate surface area is 334 Å². The average molecular weight is 767 g/mol. The molecule has 1 unspecified atom stereocenters. The molecule has 1 aliphatic heterocycles. The highest BCUT2D eigenvalue weighted by Crippen LogP contribution is 2.58.